The van der Waals surface area contributed by atoms with Gasteiger partial charge in [-0.15, -0.1) is 0 Å². The zero-order valence-electron chi connectivity index (χ0n) is 20.9. The predicted molar refractivity (Wildman–Crippen MR) is 132 cm³/mol. The average molecular weight is 475 g/mol. The van der Waals surface area contributed by atoms with E-state index in [9.17, 15) is 19.8 Å². The van der Waals surface area contributed by atoms with Crippen LogP contribution in [0.1, 0.15) is 76.5 Å². The van der Waals surface area contributed by atoms with Crippen LogP contribution in [0.5, 0.6) is 0 Å². The van der Waals surface area contributed by atoms with Crippen LogP contribution in [0, 0.1) is 29.1 Å². The highest BCUT2D eigenvalue weighted by molar-refractivity contribution is 6.03. The molecule has 0 saturated heterocycles. The Morgan fingerprint density at radius 3 is 2.17 bits per heavy atom. The third-order valence-electron chi connectivity index (χ3n) is 9.50. The van der Waals surface area contributed by atoms with E-state index in [-0.39, 0.29) is 42.2 Å². The van der Waals surface area contributed by atoms with Gasteiger partial charge >= 0.3 is 0 Å². The Morgan fingerprint density at radius 2 is 1.54 bits per heavy atom. The Hall–Kier alpha value is -2.50. The van der Waals surface area contributed by atoms with Gasteiger partial charge in [0.05, 0.1) is 6.10 Å². The molecule has 6 rings (SSSR count). The van der Waals surface area contributed by atoms with Gasteiger partial charge in [0.2, 0.25) is 5.79 Å². The van der Waals surface area contributed by atoms with Gasteiger partial charge in [0.1, 0.15) is 17.0 Å². The number of allylic oxidation sites excluding steroid dienone is 2. The van der Waals surface area contributed by atoms with Crippen LogP contribution in [-0.4, -0.2) is 27.6 Å². The van der Waals surface area contributed by atoms with Crippen LogP contribution in [-0.2, 0) is 14.3 Å². The van der Waals surface area contributed by atoms with Crippen LogP contribution in [0.2, 0.25) is 0 Å². The van der Waals surface area contributed by atoms with E-state index in [0.717, 1.165) is 16.3 Å². The van der Waals surface area contributed by atoms with E-state index >= 15 is 0 Å². The van der Waals surface area contributed by atoms with E-state index in [2.05, 4.69) is 27.7 Å². The molecule has 2 unspecified atom stereocenters. The van der Waals surface area contributed by atoms with Crippen molar-refractivity contribution in [1.82, 2.24) is 0 Å². The maximum Gasteiger partial charge on any atom is 0.224 e. The minimum Gasteiger partial charge on any atom is -0.465 e. The van der Waals surface area contributed by atoms with Crippen molar-refractivity contribution in [2.24, 2.45) is 29.1 Å². The van der Waals surface area contributed by atoms with Crippen molar-refractivity contribution in [3.05, 3.63) is 58.9 Å². The number of carbonyl (C=O) groups is 2. The van der Waals surface area contributed by atoms with E-state index in [1.54, 1.807) is 0 Å². The smallest absolute Gasteiger partial charge is 0.224 e. The summed E-state index contributed by atoms with van der Waals surface area (Å²) in [5.74, 6) is -1.74. The van der Waals surface area contributed by atoms with Crippen LogP contribution in [0.4, 0.5) is 0 Å². The molecule has 3 aliphatic carbocycles. The maximum atomic E-state index is 14.1. The fourth-order valence-electron chi connectivity index (χ4n) is 7.38. The van der Waals surface area contributed by atoms with Crippen molar-refractivity contribution >= 4 is 22.3 Å². The highest BCUT2D eigenvalue weighted by atomic mass is 16.6. The number of benzene rings is 2. The van der Waals surface area contributed by atoms with E-state index in [4.69, 9.17) is 4.74 Å². The molecular formula is C30H34O5. The lowest BCUT2D eigenvalue weighted by Crippen LogP contribution is -2.65. The molecule has 1 spiro atoms. The van der Waals surface area contributed by atoms with Crippen LogP contribution in [0.3, 0.4) is 0 Å². The first-order valence-corrected chi connectivity index (χ1v) is 13.0. The topological polar surface area (TPSA) is 83.8 Å². The fraction of sp³-hybridized carbons (Fsp3) is 0.533. The lowest BCUT2D eigenvalue weighted by Gasteiger charge is -2.57. The number of ether oxygens (including phenoxy) is 1. The van der Waals surface area contributed by atoms with Crippen LogP contribution in [0.15, 0.2) is 47.7 Å². The molecule has 0 radical (unpaired) electrons. The monoisotopic (exact) mass is 474 g/mol. The van der Waals surface area contributed by atoms with Crippen LogP contribution in [0.25, 0.3) is 10.8 Å². The molecule has 2 N–H and O–H groups in total. The SMILES string of the molecule is CC(C)C1CC(=O)C2=C(C1)O[C@@]1(O)CC(C(C)C)CC(=O)[C@]13[C@@H](O)c1cc4ccccc4cc1[C@H]23. The number of fused-ring (bicyclic) bond motifs is 4. The van der Waals surface area contributed by atoms with Gasteiger partial charge in [-0.05, 0) is 51.6 Å². The number of hydrogen-bond acceptors (Lipinski definition) is 5. The number of aliphatic hydroxyl groups is 2. The van der Waals surface area contributed by atoms with Gasteiger partial charge in [0.15, 0.2) is 5.78 Å². The second-order valence-electron chi connectivity index (χ2n) is 11.9. The third kappa shape index (κ3) is 2.88. The predicted octanol–water partition coefficient (Wildman–Crippen LogP) is 5.20. The molecule has 5 heteroatoms. The van der Waals surface area contributed by atoms with Crippen LogP contribution >= 0.6 is 0 Å². The molecule has 1 aliphatic heterocycles. The summed E-state index contributed by atoms with van der Waals surface area (Å²) in [6.07, 6.45) is 0.229. The standard InChI is InChI=1S/C30H34O5/c1-15(2)19-11-23(31)26-24(12-19)35-29(34)14-20(16(3)4)13-25(32)30(29)27(26)21-9-17-7-5-6-8-18(17)10-22(21)28(30)33/h5-10,15-16,19-20,27-28,33-34H,11-14H2,1-4H3/t19?,20?,27-,28+,29+,30+/m1/s1. The largest absolute Gasteiger partial charge is 0.465 e. The van der Waals surface area contributed by atoms with Gasteiger partial charge in [0.25, 0.3) is 0 Å². The normalized spacial score (nSPS) is 36.2. The van der Waals surface area contributed by atoms with Gasteiger partial charge < -0.3 is 14.9 Å². The summed E-state index contributed by atoms with van der Waals surface area (Å²) >= 11 is 0. The lowest BCUT2D eigenvalue weighted by molar-refractivity contribution is -0.300. The molecule has 1 saturated carbocycles. The van der Waals surface area contributed by atoms with Gasteiger partial charge in [-0.3, -0.25) is 9.59 Å². The summed E-state index contributed by atoms with van der Waals surface area (Å²) in [7, 11) is 0. The highest BCUT2D eigenvalue weighted by Gasteiger charge is 2.75. The zero-order chi connectivity index (χ0) is 24.9. The van der Waals surface area contributed by atoms with Crippen molar-refractivity contribution in [3.63, 3.8) is 0 Å². The maximum absolute atomic E-state index is 14.1. The average Bonchev–Trinajstić information content (AvgIpc) is 3.05. The Bertz CT molecular complexity index is 1290. The van der Waals surface area contributed by atoms with E-state index < -0.39 is 23.2 Å². The highest BCUT2D eigenvalue weighted by Crippen LogP contribution is 2.70. The van der Waals surface area contributed by atoms with E-state index in [1.807, 2.05) is 36.4 Å². The van der Waals surface area contributed by atoms with Crippen molar-refractivity contribution in [2.45, 2.75) is 71.2 Å². The second kappa shape index (κ2) is 7.50. The Balaban J connectivity index is 1.64. The molecule has 1 heterocycles. The van der Waals surface area contributed by atoms with Crippen molar-refractivity contribution in [1.29, 1.82) is 0 Å². The summed E-state index contributed by atoms with van der Waals surface area (Å²) < 4.78 is 6.42. The van der Waals surface area contributed by atoms with E-state index in [0.29, 0.717) is 35.7 Å². The number of ketones is 2. The number of Topliss-reactive ketones (excluding diaryl/α,β-unsaturated/α-hetero) is 2. The first-order valence-electron chi connectivity index (χ1n) is 13.0. The third-order valence-corrected chi connectivity index (χ3v) is 9.50. The summed E-state index contributed by atoms with van der Waals surface area (Å²) in [4.78, 5) is 27.9. The second-order valence-corrected chi connectivity index (χ2v) is 11.9. The summed E-state index contributed by atoms with van der Waals surface area (Å²) in [6, 6.07) is 11.8. The Labute approximate surface area is 206 Å². The molecule has 35 heavy (non-hydrogen) atoms. The van der Waals surface area contributed by atoms with Gasteiger partial charge in [-0.2, -0.15) is 0 Å². The van der Waals surface area contributed by atoms with Crippen molar-refractivity contribution < 1.29 is 24.5 Å². The fourth-order valence-corrected chi connectivity index (χ4v) is 7.38. The lowest BCUT2D eigenvalue weighted by atomic mass is 9.53. The summed E-state index contributed by atoms with van der Waals surface area (Å²) in [5, 5.41) is 26.2. The molecule has 0 amide bonds. The molecule has 2 aromatic rings. The number of carbonyl (C=O) groups excluding carboxylic acids is 2. The molecule has 0 bridgehead atoms. The molecule has 4 aliphatic rings. The summed E-state index contributed by atoms with van der Waals surface area (Å²) in [6.45, 7) is 8.31. The molecule has 1 fully saturated rings. The van der Waals surface area contributed by atoms with Gasteiger partial charge in [-0.1, -0.05) is 58.0 Å². The Kier molecular flexibility index (Phi) is 4.92. The molecule has 184 valence electrons. The molecular weight excluding hydrogens is 440 g/mol. The number of rotatable bonds is 2. The summed E-state index contributed by atoms with van der Waals surface area (Å²) in [5.41, 5.74) is 0.283. The van der Waals surface area contributed by atoms with E-state index in [1.165, 1.54) is 0 Å². The molecule has 6 atom stereocenters. The quantitative estimate of drug-likeness (QED) is 0.625. The first kappa shape index (κ1) is 22.9. The molecule has 5 nitrogen and oxygen atoms in total. The Morgan fingerprint density at radius 1 is 0.914 bits per heavy atom. The van der Waals surface area contributed by atoms with Crippen LogP contribution < -0.4 is 0 Å². The number of hydrogen-bond donors (Lipinski definition) is 2. The molecule has 0 aromatic heterocycles. The van der Waals surface area contributed by atoms with Crippen molar-refractivity contribution in [2.75, 3.05) is 0 Å². The van der Waals surface area contributed by atoms with Crippen molar-refractivity contribution in [3.8, 4) is 0 Å². The van der Waals surface area contributed by atoms with Gasteiger partial charge in [0, 0.05) is 37.2 Å². The zero-order valence-corrected chi connectivity index (χ0v) is 20.9. The first-order chi connectivity index (χ1) is 16.6. The molecule has 2 aromatic carbocycles. The van der Waals surface area contributed by atoms with Gasteiger partial charge in [-0.25, -0.2) is 0 Å². The minimum absolute atomic E-state index is 0.0247. The minimum atomic E-state index is -1.87. The number of aliphatic hydroxyl groups excluding tert-OH is 1.